The summed E-state index contributed by atoms with van der Waals surface area (Å²) in [6.07, 6.45) is -5.59. The summed E-state index contributed by atoms with van der Waals surface area (Å²) in [5.74, 6) is -5.46. The first-order chi connectivity index (χ1) is 22.3. The minimum Gasteiger partial charge on any atom is -0.480 e. The topological polar surface area (TPSA) is 252 Å². The Bertz CT molecular complexity index is 1740. The molecular weight excluding hydrogens is 647 g/mol. The van der Waals surface area contributed by atoms with Gasteiger partial charge < -0.3 is 31.5 Å². The second-order valence-electron chi connectivity index (χ2n) is 11.1. The van der Waals surface area contributed by atoms with E-state index in [2.05, 4.69) is 35.9 Å². The van der Waals surface area contributed by atoms with Gasteiger partial charge in [0.2, 0.25) is 11.9 Å². The number of ether oxygens (including phenoxy) is 1. The highest BCUT2D eigenvalue weighted by molar-refractivity contribution is 5.99. The van der Waals surface area contributed by atoms with Crippen molar-refractivity contribution < 1.29 is 47.0 Å². The molecular formula is C28H32F3N9O8. The van der Waals surface area contributed by atoms with Gasteiger partial charge in [-0.2, -0.15) is 18.2 Å². The molecule has 20 heteroatoms. The van der Waals surface area contributed by atoms with Gasteiger partial charge in [0.05, 0.1) is 18.4 Å². The summed E-state index contributed by atoms with van der Waals surface area (Å²) in [4.78, 5) is 86.8. The number of carbonyl (C=O) groups is 5. The van der Waals surface area contributed by atoms with E-state index in [-0.39, 0.29) is 60.0 Å². The quantitative estimate of drug-likeness (QED) is 0.147. The van der Waals surface area contributed by atoms with Crippen LogP contribution in [-0.4, -0.2) is 85.7 Å². The van der Waals surface area contributed by atoms with E-state index in [4.69, 9.17) is 10.5 Å². The molecule has 2 aromatic heterocycles. The molecule has 0 saturated heterocycles. The number of nitrogens with one attached hydrogen (secondary N) is 4. The first-order valence-corrected chi connectivity index (χ1v) is 14.1. The molecule has 2 heterocycles. The maximum atomic E-state index is 13.5. The summed E-state index contributed by atoms with van der Waals surface area (Å²) in [5, 5.41) is 16.7. The molecule has 258 valence electrons. The number of hydrogen-bond donors (Lipinski definition) is 6. The predicted molar refractivity (Wildman–Crippen MR) is 161 cm³/mol. The minimum absolute atomic E-state index is 0.0282. The Morgan fingerprint density at radius 2 is 1.69 bits per heavy atom. The van der Waals surface area contributed by atoms with E-state index >= 15 is 0 Å². The largest absolute Gasteiger partial charge is 0.480 e. The third kappa shape index (κ3) is 10.6. The number of aliphatic carboxylic acids is 1. The van der Waals surface area contributed by atoms with Crippen LogP contribution in [0.15, 0.2) is 35.3 Å². The van der Waals surface area contributed by atoms with Gasteiger partial charge in [-0.05, 0) is 51.5 Å². The van der Waals surface area contributed by atoms with Crippen molar-refractivity contribution in [2.24, 2.45) is 0 Å². The summed E-state index contributed by atoms with van der Waals surface area (Å²) >= 11 is 0. The Balaban J connectivity index is 1.64. The Morgan fingerprint density at radius 3 is 2.29 bits per heavy atom. The number of carboxylic acids is 1. The molecule has 7 N–H and O–H groups in total. The summed E-state index contributed by atoms with van der Waals surface area (Å²) in [7, 11) is 0. The summed E-state index contributed by atoms with van der Waals surface area (Å²) < 4.78 is 45.6. The van der Waals surface area contributed by atoms with Gasteiger partial charge in [-0.1, -0.05) is 0 Å². The Hall–Kier alpha value is -5.82. The number of anilines is 2. The summed E-state index contributed by atoms with van der Waals surface area (Å²) in [6.45, 7) is 4.34. The molecule has 0 radical (unpaired) electrons. The van der Waals surface area contributed by atoms with Crippen molar-refractivity contribution >= 4 is 52.6 Å². The molecule has 3 aromatic rings. The van der Waals surface area contributed by atoms with Gasteiger partial charge in [-0.25, -0.2) is 19.6 Å². The fourth-order valence-corrected chi connectivity index (χ4v) is 3.98. The molecule has 0 fully saturated rings. The van der Waals surface area contributed by atoms with E-state index in [1.54, 1.807) is 20.8 Å². The second kappa shape index (κ2) is 15.2. The lowest BCUT2D eigenvalue weighted by Crippen LogP contribution is -2.42. The number of carbonyl (C=O) groups excluding carboxylic acids is 4. The maximum absolute atomic E-state index is 13.5. The molecule has 48 heavy (non-hydrogen) atoms. The predicted octanol–water partition coefficient (Wildman–Crippen LogP) is 0.995. The van der Waals surface area contributed by atoms with E-state index < -0.39 is 59.7 Å². The van der Waals surface area contributed by atoms with Crippen molar-refractivity contribution in [3.63, 3.8) is 0 Å². The minimum atomic E-state index is -5.32. The number of hydrogen-bond acceptors (Lipinski definition) is 11. The zero-order chi connectivity index (χ0) is 35.8. The number of carboxylic acid groups (broad SMARTS) is 1. The van der Waals surface area contributed by atoms with Gasteiger partial charge in [-0.15, -0.1) is 0 Å². The Labute approximate surface area is 269 Å². The van der Waals surface area contributed by atoms with Gasteiger partial charge >= 0.3 is 24.1 Å². The number of benzene rings is 1. The number of nitrogens with zero attached hydrogens (tertiary/aromatic N) is 4. The fraction of sp³-hybridized carbons (Fsp3) is 0.393. The van der Waals surface area contributed by atoms with Crippen LogP contribution in [0.25, 0.3) is 11.2 Å². The number of nitrogens with two attached hydrogens (primary N) is 1. The average molecular weight is 680 g/mol. The van der Waals surface area contributed by atoms with Crippen LogP contribution >= 0.6 is 0 Å². The number of alkyl halides is 3. The van der Waals surface area contributed by atoms with Crippen LogP contribution in [0, 0.1) is 0 Å². The summed E-state index contributed by atoms with van der Waals surface area (Å²) in [6, 6.07) is 2.67. The molecule has 4 amide bonds. The van der Waals surface area contributed by atoms with Crippen molar-refractivity contribution in [2.45, 2.75) is 58.0 Å². The van der Waals surface area contributed by atoms with Gasteiger partial charge in [0.15, 0.2) is 11.2 Å². The number of nitrogen functional groups attached to an aromatic ring is 1. The molecule has 1 aromatic carbocycles. The van der Waals surface area contributed by atoms with Crippen molar-refractivity contribution in [1.29, 1.82) is 0 Å². The third-order valence-corrected chi connectivity index (χ3v) is 6.11. The van der Waals surface area contributed by atoms with Gasteiger partial charge in [0.25, 0.3) is 11.5 Å². The highest BCUT2D eigenvalue weighted by Gasteiger charge is 2.43. The lowest BCUT2D eigenvalue weighted by Gasteiger charge is -2.24. The highest BCUT2D eigenvalue weighted by atomic mass is 19.4. The van der Waals surface area contributed by atoms with Crippen LogP contribution in [-0.2, 0) is 25.7 Å². The van der Waals surface area contributed by atoms with Crippen LogP contribution in [0.1, 0.15) is 49.7 Å². The fourth-order valence-electron chi connectivity index (χ4n) is 3.98. The van der Waals surface area contributed by atoms with Crippen molar-refractivity contribution in [2.75, 3.05) is 23.7 Å². The van der Waals surface area contributed by atoms with E-state index in [0.717, 1.165) is 30.5 Å². The molecule has 0 spiro atoms. The van der Waals surface area contributed by atoms with Crippen molar-refractivity contribution in [3.8, 4) is 0 Å². The van der Waals surface area contributed by atoms with Crippen molar-refractivity contribution in [1.82, 2.24) is 35.9 Å². The van der Waals surface area contributed by atoms with Crippen LogP contribution in [0.4, 0.5) is 29.6 Å². The molecule has 17 nitrogen and oxygen atoms in total. The van der Waals surface area contributed by atoms with E-state index in [0.29, 0.717) is 4.90 Å². The number of halogens is 3. The number of H-pyrrole nitrogens is 1. The zero-order valence-electron chi connectivity index (χ0n) is 25.8. The van der Waals surface area contributed by atoms with Gasteiger partial charge in [0.1, 0.15) is 11.6 Å². The monoisotopic (exact) mass is 679 g/mol. The SMILES string of the molecule is CC(C)(C)OC(=O)NCCNC(=O)CCC(NC(=O)c1ccc(N(Cc2cnc3nc(N)[nH]c(=O)c3n2)C(=O)C(F)(F)F)cc1)C(=O)O. The third-order valence-electron chi connectivity index (χ3n) is 6.11. The second-order valence-corrected chi connectivity index (χ2v) is 11.1. The van der Waals surface area contributed by atoms with Crippen LogP contribution in [0.3, 0.4) is 0 Å². The first-order valence-electron chi connectivity index (χ1n) is 14.1. The number of fused-ring (bicyclic) bond motifs is 1. The number of rotatable bonds is 12. The van der Waals surface area contributed by atoms with E-state index in [1.165, 1.54) is 0 Å². The number of alkyl carbamates (subject to hydrolysis) is 1. The lowest BCUT2D eigenvalue weighted by molar-refractivity contribution is -0.170. The molecule has 0 aliphatic carbocycles. The molecule has 0 bridgehead atoms. The normalized spacial score (nSPS) is 12.1. The number of amides is 4. The lowest BCUT2D eigenvalue weighted by atomic mass is 10.1. The summed E-state index contributed by atoms with van der Waals surface area (Å²) in [5.41, 5.74) is 2.77. The van der Waals surface area contributed by atoms with E-state index in [1.807, 2.05) is 0 Å². The number of aromatic amines is 1. The molecule has 1 unspecified atom stereocenters. The molecule has 1 atom stereocenters. The van der Waals surface area contributed by atoms with Crippen LogP contribution in [0.2, 0.25) is 0 Å². The Kier molecular flexibility index (Phi) is 11.6. The number of aromatic nitrogens is 4. The molecule has 0 aliphatic rings. The van der Waals surface area contributed by atoms with E-state index in [9.17, 15) is 47.0 Å². The standard InChI is InChI=1S/C28H32F3N9O8/c1-27(2,3)48-26(47)34-11-10-33-18(41)9-8-17(23(44)45)37-21(42)14-4-6-16(7-5-14)40(24(46)28(29,30)31)13-15-12-35-20-19(36-15)22(43)39-25(32)38-20/h4-7,12,17H,8-11,13H2,1-3H3,(H,33,41)(H,34,47)(H,37,42)(H,44,45)(H3,32,35,38,39,43). The van der Waals surface area contributed by atoms with Gasteiger partial charge in [-0.3, -0.25) is 29.1 Å². The maximum Gasteiger partial charge on any atom is 0.471 e. The molecule has 3 rings (SSSR count). The first kappa shape index (κ1) is 36.6. The van der Waals surface area contributed by atoms with Crippen LogP contribution < -0.4 is 32.1 Å². The average Bonchev–Trinajstić information content (AvgIpc) is 2.98. The Morgan fingerprint density at radius 1 is 1.04 bits per heavy atom. The van der Waals surface area contributed by atoms with Gasteiger partial charge in [0, 0.05) is 30.8 Å². The highest BCUT2D eigenvalue weighted by Crippen LogP contribution is 2.26. The smallest absolute Gasteiger partial charge is 0.471 e. The molecule has 0 aliphatic heterocycles. The zero-order valence-corrected chi connectivity index (χ0v) is 25.8. The molecule has 0 saturated carbocycles. The van der Waals surface area contributed by atoms with Crippen molar-refractivity contribution in [3.05, 3.63) is 52.1 Å². The van der Waals surface area contributed by atoms with Crippen LogP contribution in [0.5, 0.6) is 0 Å².